The molecule has 2 aliphatic rings. The third kappa shape index (κ3) is 1.06. The van der Waals surface area contributed by atoms with E-state index in [1.54, 1.807) is 0 Å². The molecule has 2 fully saturated rings. The molecule has 0 aromatic heterocycles. The summed E-state index contributed by atoms with van der Waals surface area (Å²) in [5.41, 5.74) is 0. The Balaban J connectivity index is 2.09. The minimum atomic E-state index is -1.03. The SMILES string of the molecule is O=C1O[C@H]2CCOC(O)[C@H]2O1. The van der Waals surface area contributed by atoms with Crippen LogP contribution < -0.4 is 0 Å². The molecule has 0 aliphatic carbocycles. The summed E-state index contributed by atoms with van der Waals surface area (Å²) in [6.45, 7) is 0.402. The van der Waals surface area contributed by atoms with Gasteiger partial charge >= 0.3 is 6.16 Å². The maximum atomic E-state index is 10.5. The van der Waals surface area contributed by atoms with Gasteiger partial charge in [-0.25, -0.2) is 4.79 Å². The summed E-state index contributed by atoms with van der Waals surface area (Å²) in [6.07, 6.45) is -2.11. The van der Waals surface area contributed by atoms with Crippen molar-refractivity contribution in [3.8, 4) is 0 Å². The first kappa shape index (κ1) is 6.87. The fourth-order valence-corrected chi connectivity index (χ4v) is 1.27. The van der Waals surface area contributed by atoms with E-state index in [0.29, 0.717) is 13.0 Å². The zero-order valence-corrected chi connectivity index (χ0v) is 5.73. The van der Waals surface area contributed by atoms with Gasteiger partial charge in [-0.05, 0) is 0 Å². The van der Waals surface area contributed by atoms with Crippen molar-refractivity contribution in [1.82, 2.24) is 0 Å². The molecule has 2 aliphatic heterocycles. The number of hydrogen-bond donors (Lipinski definition) is 1. The Morgan fingerprint density at radius 1 is 1.45 bits per heavy atom. The van der Waals surface area contributed by atoms with Crippen LogP contribution in [0.4, 0.5) is 4.79 Å². The van der Waals surface area contributed by atoms with Crippen molar-refractivity contribution in [2.75, 3.05) is 6.61 Å². The molecule has 0 radical (unpaired) electrons. The predicted molar refractivity (Wildman–Crippen MR) is 31.7 cm³/mol. The van der Waals surface area contributed by atoms with Crippen LogP contribution in [0.3, 0.4) is 0 Å². The molecule has 0 bridgehead atoms. The van der Waals surface area contributed by atoms with E-state index in [0.717, 1.165) is 0 Å². The maximum absolute atomic E-state index is 10.5. The zero-order chi connectivity index (χ0) is 7.84. The lowest BCUT2D eigenvalue weighted by molar-refractivity contribution is -0.188. The van der Waals surface area contributed by atoms with Gasteiger partial charge in [-0.2, -0.15) is 0 Å². The number of fused-ring (bicyclic) bond motifs is 1. The van der Waals surface area contributed by atoms with Crippen molar-refractivity contribution in [2.24, 2.45) is 0 Å². The number of aliphatic hydroxyl groups excluding tert-OH is 1. The van der Waals surface area contributed by atoms with Gasteiger partial charge in [0.05, 0.1) is 6.61 Å². The molecular formula is C6H8O5. The minimum Gasteiger partial charge on any atom is -0.427 e. The second kappa shape index (κ2) is 2.35. The van der Waals surface area contributed by atoms with Gasteiger partial charge in [0.15, 0.2) is 12.4 Å². The van der Waals surface area contributed by atoms with Crippen LogP contribution in [0.25, 0.3) is 0 Å². The van der Waals surface area contributed by atoms with Crippen LogP contribution >= 0.6 is 0 Å². The minimum absolute atomic E-state index is 0.328. The number of hydrogen-bond acceptors (Lipinski definition) is 5. The Morgan fingerprint density at radius 2 is 2.27 bits per heavy atom. The Kier molecular flexibility index (Phi) is 1.47. The van der Waals surface area contributed by atoms with Crippen LogP contribution in [0.5, 0.6) is 0 Å². The van der Waals surface area contributed by atoms with Crippen LogP contribution in [0.1, 0.15) is 6.42 Å². The highest BCUT2D eigenvalue weighted by atomic mass is 16.8. The zero-order valence-electron chi connectivity index (χ0n) is 5.73. The van der Waals surface area contributed by atoms with Crippen LogP contribution in [0, 0.1) is 0 Å². The normalized spacial score (nSPS) is 42.6. The van der Waals surface area contributed by atoms with Crippen molar-refractivity contribution >= 4 is 6.16 Å². The van der Waals surface area contributed by atoms with Gasteiger partial charge in [0.2, 0.25) is 0 Å². The quantitative estimate of drug-likeness (QED) is 0.490. The fourth-order valence-electron chi connectivity index (χ4n) is 1.27. The highest BCUT2D eigenvalue weighted by Gasteiger charge is 2.44. The van der Waals surface area contributed by atoms with E-state index >= 15 is 0 Å². The van der Waals surface area contributed by atoms with Crippen LogP contribution in [-0.2, 0) is 14.2 Å². The highest BCUT2D eigenvalue weighted by Crippen LogP contribution is 2.25. The summed E-state index contributed by atoms with van der Waals surface area (Å²) in [6, 6.07) is 0. The van der Waals surface area contributed by atoms with E-state index < -0.39 is 18.5 Å². The van der Waals surface area contributed by atoms with Gasteiger partial charge in [-0.1, -0.05) is 0 Å². The summed E-state index contributed by atoms with van der Waals surface area (Å²) < 4.78 is 14.2. The number of ether oxygens (including phenoxy) is 3. The lowest BCUT2D eigenvalue weighted by Gasteiger charge is -2.25. The molecule has 1 N–H and O–H groups in total. The fraction of sp³-hybridized carbons (Fsp3) is 0.833. The summed E-state index contributed by atoms with van der Waals surface area (Å²) in [4.78, 5) is 10.5. The molecule has 11 heavy (non-hydrogen) atoms. The second-order valence-corrected chi connectivity index (χ2v) is 2.54. The molecule has 2 rings (SSSR count). The molecule has 2 heterocycles. The molecule has 0 aromatic carbocycles. The second-order valence-electron chi connectivity index (χ2n) is 2.54. The van der Waals surface area contributed by atoms with E-state index in [2.05, 4.69) is 4.74 Å². The first-order chi connectivity index (χ1) is 5.27. The van der Waals surface area contributed by atoms with Gasteiger partial charge in [-0.3, -0.25) is 0 Å². The van der Waals surface area contributed by atoms with Crippen molar-refractivity contribution in [3.63, 3.8) is 0 Å². The standard InChI is InChI=1S/C6H8O5/c7-5-4-3(1-2-9-5)10-6(8)11-4/h3-5,7H,1-2H2/t3-,4-,5?/m0/s1. The van der Waals surface area contributed by atoms with E-state index in [-0.39, 0.29) is 6.10 Å². The van der Waals surface area contributed by atoms with Crippen LogP contribution in [0.2, 0.25) is 0 Å². The topological polar surface area (TPSA) is 65.0 Å². The maximum Gasteiger partial charge on any atom is 0.509 e. The molecular weight excluding hydrogens is 152 g/mol. The smallest absolute Gasteiger partial charge is 0.427 e. The number of aliphatic hydroxyl groups is 1. The Morgan fingerprint density at radius 3 is 3.00 bits per heavy atom. The molecule has 0 saturated carbocycles. The van der Waals surface area contributed by atoms with Gasteiger partial charge in [0, 0.05) is 6.42 Å². The molecule has 5 heteroatoms. The van der Waals surface area contributed by atoms with Crippen LogP contribution in [0.15, 0.2) is 0 Å². The summed E-state index contributed by atoms with van der Waals surface area (Å²) in [7, 11) is 0. The average molecular weight is 160 g/mol. The number of carbonyl (C=O) groups excluding carboxylic acids is 1. The van der Waals surface area contributed by atoms with Gasteiger partial charge < -0.3 is 19.3 Å². The Labute approximate surface area is 62.8 Å². The third-order valence-corrected chi connectivity index (χ3v) is 1.82. The molecule has 2 saturated heterocycles. The molecule has 1 unspecified atom stereocenters. The molecule has 0 amide bonds. The van der Waals surface area contributed by atoms with E-state index in [1.165, 1.54) is 0 Å². The first-order valence-corrected chi connectivity index (χ1v) is 3.44. The average Bonchev–Trinajstić information content (AvgIpc) is 2.31. The van der Waals surface area contributed by atoms with Gasteiger partial charge in [0.25, 0.3) is 0 Å². The molecule has 0 spiro atoms. The number of rotatable bonds is 0. The van der Waals surface area contributed by atoms with Crippen molar-refractivity contribution < 1.29 is 24.1 Å². The van der Waals surface area contributed by atoms with E-state index in [4.69, 9.17) is 14.6 Å². The molecule has 62 valence electrons. The predicted octanol–water partition coefficient (Wildman–Crippen LogP) is -0.371. The van der Waals surface area contributed by atoms with Crippen molar-refractivity contribution in [1.29, 1.82) is 0 Å². The summed E-state index contributed by atoms with van der Waals surface area (Å²) in [5.74, 6) is 0. The Bertz CT molecular complexity index is 180. The highest BCUT2D eigenvalue weighted by molar-refractivity contribution is 5.62. The largest absolute Gasteiger partial charge is 0.509 e. The first-order valence-electron chi connectivity index (χ1n) is 3.44. The molecule has 0 aromatic rings. The lowest BCUT2D eigenvalue weighted by Crippen LogP contribution is -2.42. The number of carbonyl (C=O) groups is 1. The molecule has 3 atom stereocenters. The van der Waals surface area contributed by atoms with Crippen molar-refractivity contribution in [3.05, 3.63) is 0 Å². The van der Waals surface area contributed by atoms with Crippen LogP contribution in [-0.4, -0.2) is 36.4 Å². The van der Waals surface area contributed by atoms with Gasteiger partial charge in [-0.15, -0.1) is 0 Å². The molecule has 5 nitrogen and oxygen atoms in total. The third-order valence-electron chi connectivity index (χ3n) is 1.82. The lowest BCUT2D eigenvalue weighted by atomic mass is 10.1. The van der Waals surface area contributed by atoms with E-state index in [1.807, 2.05) is 0 Å². The monoisotopic (exact) mass is 160 g/mol. The summed E-state index contributed by atoms with van der Waals surface area (Å²) in [5, 5.41) is 9.12. The summed E-state index contributed by atoms with van der Waals surface area (Å²) >= 11 is 0. The van der Waals surface area contributed by atoms with Gasteiger partial charge in [0.1, 0.15) is 6.10 Å². The van der Waals surface area contributed by atoms with Crippen molar-refractivity contribution in [2.45, 2.75) is 24.9 Å². The Hall–Kier alpha value is -0.810. The van der Waals surface area contributed by atoms with E-state index in [9.17, 15) is 4.79 Å².